The van der Waals surface area contributed by atoms with Gasteiger partial charge in [-0.15, -0.1) is 0 Å². The number of unbranched alkanes of at least 4 members (excludes halogenated alkanes) is 1. The van der Waals surface area contributed by atoms with E-state index in [1.807, 2.05) is 24.3 Å². The molecule has 31 heavy (non-hydrogen) atoms. The third-order valence-electron chi connectivity index (χ3n) is 6.04. The molecule has 168 valence electrons. The number of nitrogens with one attached hydrogen (secondary N) is 1. The van der Waals surface area contributed by atoms with Gasteiger partial charge in [-0.25, -0.2) is 4.98 Å². The molecule has 0 radical (unpaired) electrons. The molecule has 1 aliphatic rings. The van der Waals surface area contributed by atoms with Crippen LogP contribution in [0.3, 0.4) is 0 Å². The molecular weight excluding hydrogens is 394 g/mol. The van der Waals surface area contributed by atoms with E-state index in [0.29, 0.717) is 18.2 Å². The molecule has 1 heterocycles. The van der Waals surface area contributed by atoms with E-state index in [4.69, 9.17) is 4.74 Å². The minimum Gasteiger partial charge on any atom is -0.456 e. The van der Waals surface area contributed by atoms with Crippen molar-refractivity contribution in [1.82, 2.24) is 14.9 Å². The molecule has 1 fully saturated rings. The fourth-order valence-electron chi connectivity index (χ4n) is 4.16. The molecule has 0 spiro atoms. The SMILES string of the molecule is CCCCn1c(=O)c(CCC(=O)OCC(=O)N[C@@H]2CCCC[C@H]2C)nc2ccccc21. The van der Waals surface area contributed by atoms with Crippen LogP contribution in [0.15, 0.2) is 29.1 Å². The zero-order chi connectivity index (χ0) is 22.2. The lowest BCUT2D eigenvalue weighted by Gasteiger charge is -2.29. The highest BCUT2D eigenvalue weighted by molar-refractivity contribution is 5.81. The Balaban J connectivity index is 1.56. The molecule has 1 aromatic carbocycles. The molecule has 7 nitrogen and oxygen atoms in total. The maximum Gasteiger partial charge on any atom is 0.306 e. The number of esters is 1. The zero-order valence-corrected chi connectivity index (χ0v) is 18.6. The summed E-state index contributed by atoms with van der Waals surface area (Å²) >= 11 is 0. The molecule has 0 bridgehead atoms. The summed E-state index contributed by atoms with van der Waals surface area (Å²) in [5.41, 5.74) is 1.74. The largest absolute Gasteiger partial charge is 0.456 e. The van der Waals surface area contributed by atoms with Crippen molar-refractivity contribution in [2.45, 2.75) is 77.8 Å². The molecule has 1 aromatic heterocycles. The van der Waals surface area contributed by atoms with Crippen LogP contribution in [-0.2, 0) is 27.3 Å². The number of ether oxygens (including phenoxy) is 1. The summed E-state index contributed by atoms with van der Waals surface area (Å²) < 4.78 is 6.88. The lowest BCUT2D eigenvalue weighted by atomic mass is 9.86. The van der Waals surface area contributed by atoms with E-state index in [1.54, 1.807) is 4.57 Å². The van der Waals surface area contributed by atoms with Crippen LogP contribution in [0.25, 0.3) is 11.0 Å². The van der Waals surface area contributed by atoms with Crippen molar-refractivity contribution >= 4 is 22.9 Å². The van der Waals surface area contributed by atoms with Crippen molar-refractivity contribution < 1.29 is 14.3 Å². The van der Waals surface area contributed by atoms with Crippen LogP contribution < -0.4 is 10.9 Å². The molecule has 0 unspecified atom stereocenters. The summed E-state index contributed by atoms with van der Waals surface area (Å²) in [5.74, 6) is -0.318. The average molecular weight is 428 g/mol. The number of hydrogen-bond donors (Lipinski definition) is 1. The number of para-hydroxylation sites is 2. The Morgan fingerprint density at radius 1 is 1.23 bits per heavy atom. The van der Waals surface area contributed by atoms with Crippen LogP contribution in [0.5, 0.6) is 0 Å². The first kappa shape index (κ1) is 23.0. The Kier molecular flexibility index (Phi) is 8.20. The van der Waals surface area contributed by atoms with Gasteiger partial charge in [0.05, 0.1) is 17.5 Å². The van der Waals surface area contributed by atoms with Crippen molar-refractivity contribution in [3.63, 3.8) is 0 Å². The van der Waals surface area contributed by atoms with Crippen LogP contribution in [-0.4, -0.2) is 34.1 Å². The monoisotopic (exact) mass is 427 g/mol. The molecular formula is C24H33N3O4. The Morgan fingerprint density at radius 3 is 2.77 bits per heavy atom. The molecule has 1 aliphatic carbocycles. The predicted octanol–water partition coefficient (Wildman–Crippen LogP) is 3.37. The molecule has 3 rings (SSSR count). The van der Waals surface area contributed by atoms with Gasteiger partial charge >= 0.3 is 5.97 Å². The van der Waals surface area contributed by atoms with Crippen LogP contribution in [0.1, 0.15) is 64.5 Å². The Labute approximate surface area is 183 Å². The summed E-state index contributed by atoms with van der Waals surface area (Å²) in [4.78, 5) is 41.7. The summed E-state index contributed by atoms with van der Waals surface area (Å²) in [7, 11) is 0. The van der Waals surface area contributed by atoms with Crippen LogP contribution in [0.2, 0.25) is 0 Å². The van der Waals surface area contributed by atoms with Crippen LogP contribution in [0.4, 0.5) is 0 Å². The second kappa shape index (κ2) is 11.1. The lowest BCUT2D eigenvalue weighted by Crippen LogP contribution is -2.42. The number of benzene rings is 1. The minimum atomic E-state index is -0.499. The van der Waals surface area contributed by atoms with Gasteiger partial charge < -0.3 is 14.6 Å². The topological polar surface area (TPSA) is 90.3 Å². The van der Waals surface area contributed by atoms with Gasteiger partial charge in [-0.1, -0.05) is 45.2 Å². The first-order valence-electron chi connectivity index (χ1n) is 11.4. The van der Waals surface area contributed by atoms with Crippen LogP contribution >= 0.6 is 0 Å². The molecule has 0 aliphatic heterocycles. The van der Waals surface area contributed by atoms with Gasteiger partial charge in [0.15, 0.2) is 6.61 Å². The molecule has 1 saturated carbocycles. The van der Waals surface area contributed by atoms with Crippen molar-refractivity contribution in [2.75, 3.05) is 6.61 Å². The van der Waals surface area contributed by atoms with E-state index in [1.165, 1.54) is 6.42 Å². The van der Waals surface area contributed by atoms with Crippen LogP contribution in [0, 0.1) is 5.92 Å². The van der Waals surface area contributed by atoms with Gasteiger partial charge in [-0.3, -0.25) is 14.4 Å². The Bertz CT molecular complexity index is 969. The van der Waals surface area contributed by atoms with Gasteiger partial charge in [0, 0.05) is 19.0 Å². The van der Waals surface area contributed by atoms with Crippen molar-refractivity contribution in [3.05, 3.63) is 40.3 Å². The highest BCUT2D eigenvalue weighted by Crippen LogP contribution is 2.23. The molecule has 7 heteroatoms. The first-order valence-corrected chi connectivity index (χ1v) is 11.4. The zero-order valence-electron chi connectivity index (χ0n) is 18.6. The maximum absolute atomic E-state index is 12.9. The van der Waals surface area contributed by atoms with E-state index in [-0.39, 0.29) is 37.0 Å². The van der Waals surface area contributed by atoms with Crippen molar-refractivity contribution in [1.29, 1.82) is 0 Å². The quantitative estimate of drug-likeness (QED) is 0.620. The number of rotatable bonds is 9. The molecule has 0 saturated heterocycles. The second-order valence-electron chi connectivity index (χ2n) is 8.45. The summed E-state index contributed by atoms with van der Waals surface area (Å²) in [6.45, 7) is 4.56. The van der Waals surface area contributed by atoms with Crippen molar-refractivity contribution in [3.8, 4) is 0 Å². The fourth-order valence-corrected chi connectivity index (χ4v) is 4.16. The van der Waals surface area contributed by atoms with Gasteiger partial charge in [-0.05, 0) is 37.3 Å². The number of hydrogen-bond acceptors (Lipinski definition) is 5. The number of carbonyl (C=O) groups excluding carboxylic acids is 2. The summed E-state index contributed by atoms with van der Waals surface area (Å²) in [6, 6.07) is 7.69. The Morgan fingerprint density at radius 2 is 2.00 bits per heavy atom. The maximum atomic E-state index is 12.9. The van der Waals surface area contributed by atoms with Gasteiger partial charge in [-0.2, -0.15) is 0 Å². The number of aromatic nitrogens is 2. The van der Waals surface area contributed by atoms with E-state index in [9.17, 15) is 14.4 Å². The minimum absolute atomic E-state index is 0.0153. The predicted molar refractivity (Wildman–Crippen MR) is 120 cm³/mol. The molecule has 2 atom stereocenters. The van der Waals surface area contributed by atoms with E-state index < -0.39 is 5.97 Å². The van der Waals surface area contributed by atoms with E-state index >= 15 is 0 Å². The summed E-state index contributed by atoms with van der Waals surface area (Å²) in [6.07, 6.45) is 6.47. The Hall–Kier alpha value is -2.70. The highest BCUT2D eigenvalue weighted by Gasteiger charge is 2.23. The number of aryl methyl sites for hydroxylation is 2. The van der Waals surface area contributed by atoms with Gasteiger partial charge in [0.1, 0.15) is 5.69 Å². The molecule has 2 aromatic rings. The smallest absolute Gasteiger partial charge is 0.306 e. The lowest BCUT2D eigenvalue weighted by molar-refractivity contribution is -0.148. The van der Waals surface area contributed by atoms with Gasteiger partial charge in [0.25, 0.3) is 11.5 Å². The molecule has 1 amide bonds. The number of carbonyl (C=O) groups is 2. The summed E-state index contributed by atoms with van der Waals surface area (Å²) in [5, 5.41) is 2.97. The third kappa shape index (κ3) is 6.15. The number of fused-ring (bicyclic) bond motifs is 1. The average Bonchev–Trinajstić information content (AvgIpc) is 2.77. The van der Waals surface area contributed by atoms with Crippen molar-refractivity contribution in [2.24, 2.45) is 5.92 Å². The second-order valence-corrected chi connectivity index (χ2v) is 8.45. The van der Waals surface area contributed by atoms with Gasteiger partial charge in [0.2, 0.25) is 0 Å². The number of nitrogens with zero attached hydrogens (tertiary/aromatic N) is 2. The van der Waals surface area contributed by atoms with E-state index in [0.717, 1.165) is 43.1 Å². The molecule has 1 N–H and O–H groups in total. The fraction of sp³-hybridized carbons (Fsp3) is 0.583. The highest BCUT2D eigenvalue weighted by atomic mass is 16.5. The normalized spacial score (nSPS) is 18.6. The number of amides is 1. The standard InChI is InChI=1S/C24H33N3O4/c1-3-4-15-27-21-12-8-7-11-19(21)25-20(24(27)30)13-14-23(29)31-16-22(28)26-18-10-6-5-9-17(18)2/h7-8,11-12,17-18H,3-6,9-10,13-16H2,1-2H3,(H,26,28)/t17-,18-/m1/s1. The van der Waals surface area contributed by atoms with E-state index in [2.05, 4.69) is 24.1 Å². The third-order valence-corrected chi connectivity index (χ3v) is 6.04. The first-order chi connectivity index (χ1) is 15.0.